The van der Waals surface area contributed by atoms with Crippen molar-refractivity contribution in [1.29, 1.82) is 0 Å². The van der Waals surface area contributed by atoms with Crippen molar-refractivity contribution in [3.8, 4) is 0 Å². The van der Waals surface area contributed by atoms with Crippen LogP contribution in [0, 0.1) is 0 Å². The summed E-state index contributed by atoms with van der Waals surface area (Å²) in [5.74, 6) is 0. The van der Waals surface area contributed by atoms with Crippen LogP contribution in [0.5, 0.6) is 0 Å². The van der Waals surface area contributed by atoms with Crippen molar-refractivity contribution in [1.82, 2.24) is 10.6 Å². The maximum Gasteiger partial charge on any atom is 0.0692 e. The minimum atomic E-state index is 0.135. The Labute approximate surface area is 131 Å². The molecule has 2 fully saturated rings. The van der Waals surface area contributed by atoms with Gasteiger partial charge in [0, 0.05) is 24.7 Å². The van der Waals surface area contributed by atoms with Crippen LogP contribution in [-0.4, -0.2) is 36.9 Å². The summed E-state index contributed by atoms with van der Waals surface area (Å²) in [5.41, 5.74) is 0.135. The van der Waals surface area contributed by atoms with Crippen molar-refractivity contribution < 1.29 is 4.74 Å². The van der Waals surface area contributed by atoms with Crippen LogP contribution in [0.1, 0.15) is 78.6 Å². The van der Waals surface area contributed by atoms with Crippen molar-refractivity contribution in [3.63, 3.8) is 0 Å². The van der Waals surface area contributed by atoms with E-state index in [2.05, 4.69) is 31.4 Å². The van der Waals surface area contributed by atoms with Gasteiger partial charge in [0.1, 0.15) is 0 Å². The Bertz CT molecular complexity index is 283. The van der Waals surface area contributed by atoms with E-state index in [1.165, 1.54) is 51.5 Å². The lowest BCUT2D eigenvalue weighted by atomic mass is 9.85. The van der Waals surface area contributed by atoms with E-state index in [1.54, 1.807) is 0 Å². The average Bonchev–Trinajstić information content (AvgIpc) is 2.76. The van der Waals surface area contributed by atoms with Crippen molar-refractivity contribution >= 4 is 0 Å². The first-order valence-corrected chi connectivity index (χ1v) is 9.31. The van der Waals surface area contributed by atoms with Crippen LogP contribution in [-0.2, 0) is 4.74 Å². The molecule has 2 N–H and O–H groups in total. The summed E-state index contributed by atoms with van der Waals surface area (Å²) in [6, 6.07) is 1.96. The fourth-order valence-electron chi connectivity index (χ4n) is 4.11. The van der Waals surface area contributed by atoms with Gasteiger partial charge in [-0.2, -0.15) is 0 Å². The van der Waals surface area contributed by atoms with Gasteiger partial charge in [0.2, 0.25) is 0 Å². The standard InChI is InChI=1S/C18H36N2O/c1-4-18(5-2)14-17(10-12-21-18)20-15(3)13-16-9-7-6-8-11-19-16/h15-17,19-20H,4-14H2,1-3H3. The van der Waals surface area contributed by atoms with Crippen LogP contribution >= 0.6 is 0 Å². The normalized spacial score (nSPS) is 31.6. The van der Waals surface area contributed by atoms with Gasteiger partial charge in [0.25, 0.3) is 0 Å². The number of nitrogens with one attached hydrogen (secondary N) is 2. The van der Waals surface area contributed by atoms with E-state index in [9.17, 15) is 0 Å². The predicted molar refractivity (Wildman–Crippen MR) is 89.8 cm³/mol. The third-order valence-electron chi connectivity index (χ3n) is 5.60. The van der Waals surface area contributed by atoms with Crippen LogP contribution in [0.15, 0.2) is 0 Å². The Kier molecular flexibility index (Phi) is 6.97. The lowest BCUT2D eigenvalue weighted by Crippen LogP contribution is -2.49. The van der Waals surface area contributed by atoms with Crippen LogP contribution in [0.4, 0.5) is 0 Å². The highest BCUT2D eigenvalue weighted by Crippen LogP contribution is 2.31. The number of ether oxygens (including phenoxy) is 1. The molecule has 0 amide bonds. The van der Waals surface area contributed by atoms with Gasteiger partial charge in [0.05, 0.1) is 5.60 Å². The quantitative estimate of drug-likeness (QED) is 0.785. The van der Waals surface area contributed by atoms with Gasteiger partial charge in [-0.05, 0) is 58.4 Å². The lowest BCUT2D eigenvalue weighted by molar-refractivity contribution is -0.0940. The molecule has 0 aromatic rings. The molecular formula is C18H36N2O. The molecule has 3 heteroatoms. The SMILES string of the molecule is CCC1(CC)CC(NC(C)CC2CCCCCN2)CCO1. The topological polar surface area (TPSA) is 33.3 Å². The fraction of sp³-hybridized carbons (Fsp3) is 1.00. The molecular weight excluding hydrogens is 260 g/mol. The van der Waals surface area contributed by atoms with Crippen molar-refractivity contribution in [2.45, 2.75) is 102 Å². The molecule has 0 bridgehead atoms. The second kappa shape index (κ2) is 8.50. The van der Waals surface area contributed by atoms with E-state index in [1.807, 2.05) is 0 Å². The first kappa shape index (κ1) is 17.2. The Morgan fingerprint density at radius 1 is 1.19 bits per heavy atom. The maximum absolute atomic E-state index is 6.09. The molecule has 0 saturated carbocycles. The number of hydrogen-bond acceptors (Lipinski definition) is 3. The zero-order chi connectivity index (χ0) is 15.1. The highest BCUT2D eigenvalue weighted by molar-refractivity contribution is 4.89. The van der Waals surface area contributed by atoms with E-state index >= 15 is 0 Å². The van der Waals surface area contributed by atoms with Gasteiger partial charge in [-0.3, -0.25) is 0 Å². The minimum absolute atomic E-state index is 0.135. The third kappa shape index (κ3) is 5.22. The molecule has 0 spiro atoms. The van der Waals surface area contributed by atoms with Gasteiger partial charge >= 0.3 is 0 Å². The highest BCUT2D eigenvalue weighted by Gasteiger charge is 2.34. The monoisotopic (exact) mass is 296 g/mol. The Hall–Kier alpha value is -0.120. The van der Waals surface area contributed by atoms with Crippen molar-refractivity contribution in [2.75, 3.05) is 13.2 Å². The fourth-order valence-corrected chi connectivity index (χ4v) is 4.11. The molecule has 2 saturated heterocycles. The lowest BCUT2D eigenvalue weighted by Gasteiger charge is -2.41. The van der Waals surface area contributed by atoms with E-state index in [0.717, 1.165) is 25.5 Å². The van der Waals surface area contributed by atoms with Crippen molar-refractivity contribution in [3.05, 3.63) is 0 Å². The molecule has 0 aromatic heterocycles. The van der Waals surface area contributed by atoms with Crippen LogP contribution in [0.2, 0.25) is 0 Å². The number of rotatable bonds is 6. The maximum atomic E-state index is 6.09. The first-order chi connectivity index (χ1) is 10.2. The van der Waals surface area contributed by atoms with Gasteiger partial charge in [-0.15, -0.1) is 0 Å². The zero-order valence-electron chi connectivity index (χ0n) is 14.4. The van der Waals surface area contributed by atoms with E-state index in [0.29, 0.717) is 12.1 Å². The first-order valence-electron chi connectivity index (χ1n) is 9.31. The smallest absolute Gasteiger partial charge is 0.0692 e. The largest absolute Gasteiger partial charge is 0.375 e. The molecule has 0 aliphatic carbocycles. The van der Waals surface area contributed by atoms with Crippen molar-refractivity contribution in [2.24, 2.45) is 0 Å². The van der Waals surface area contributed by atoms with E-state index < -0.39 is 0 Å². The van der Waals surface area contributed by atoms with Crippen LogP contribution < -0.4 is 10.6 Å². The predicted octanol–water partition coefficient (Wildman–Crippen LogP) is 3.62. The van der Waals surface area contributed by atoms with Gasteiger partial charge in [-0.1, -0.05) is 26.7 Å². The van der Waals surface area contributed by atoms with Crippen LogP contribution in [0.25, 0.3) is 0 Å². The molecule has 3 unspecified atom stereocenters. The summed E-state index contributed by atoms with van der Waals surface area (Å²) in [5, 5.41) is 7.61. The Morgan fingerprint density at radius 3 is 2.76 bits per heavy atom. The molecule has 2 aliphatic heterocycles. The molecule has 0 aromatic carbocycles. The third-order valence-corrected chi connectivity index (χ3v) is 5.60. The van der Waals surface area contributed by atoms with Gasteiger partial charge in [-0.25, -0.2) is 0 Å². The average molecular weight is 296 g/mol. The van der Waals surface area contributed by atoms with Gasteiger partial charge in [0.15, 0.2) is 0 Å². The molecule has 21 heavy (non-hydrogen) atoms. The molecule has 124 valence electrons. The van der Waals surface area contributed by atoms with Crippen LogP contribution in [0.3, 0.4) is 0 Å². The molecule has 2 aliphatic rings. The Morgan fingerprint density at radius 2 is 2.00 bits per heavy atom. The summed E-state index contributed by atoms with van der Waals surface area (Å²) in [7, 11) is 0. The number of hydrogen-bond donors (Lipinski definition) is 2. The molecule has 3 nitrogen and oxygen atoms in total. The zero-order valence-corrected chi connectivity index (χ0v) is 14.4. The van der Waals surface area contributed by atoms with E-state index in [-0.39, 0.29) is 5.60 Å². The van der Waals surface area contributed by atoms with E-state index in [4.69, 9.17) is 4.74 Å². The molecule has 0 radical (unpaired) electrons. The summed E-state index contributed by atoms with van der Waals surface area (Å²) in [4.78, 5) is 0. The minimum Gasteiger partial charge on any atom is -0.375 e. The molecule has 2 heterocycles. The summed E-state index contributed by atoms with van der Waals surface area (Å²) < 4.78 is 6.09. The second-order valence-electron chi connectivity index (χ2n) is 7.23. The molecule has 2 rings (SSSR count). The summed E-state index contributed by atoms with van der Waals surface area (Å²) in [6.07, 6.45) is 11.4. The second-order valence-corrected chi connectivity index (χ2v) is 7.23. The van der Waals surface area contributed by atoms with Gasteiger partial charge < -0.3 is 15.4 Å². The molecule has 3 atom stereocenters. The summed E-state index contributed by atoms with van der Waals surface area (Å²) >= 11 is 0. The Balaban J connectivity index is 1.77. The highest BCUT2D eigenvalue weighted by atomic mass is 16.5. The summed E-state index contributed by atoms with van der Waals surface area (Å²) in [6.45, 7) is 9.04.